The largest absolute Gasteiger partial charge is 0.393 e. The Morgan fingerprint density at radius 3 is 2.72 bits per heavy atom. The number of aliphatic hydroxyl groups is 1. The first-order chi connectivity index (χ1) is 15.4. The lowest BCUT2D eigenvalue weighted by molar-refractivity contribution is -0.384. The van der Waals surface area contributed by atoms with Gasteiger partial charge in [0, 0.05) is 41.9 Å². The van der Waals surface area contributed by atoms with Crippen molar-refractivity contribution in [3.05, 3.63) is 69.5 Å². The van der Waals surface area contributed by atoms with Crippen LogP contribution in [0.2, 0.25) is 0 Å². The van der Waals surface area contributed by atoms with Crippen molar-refractivity contribution in [3.63, 3.8) is 0 Å². The van der Waals surface area contributed by atoms with Gasteiger partial charge in [0.05, 0.1) is 34.2 Å². The molecule has 1 unspecified atom stereocenters. The van der Waals surface area contributed by atoms with Gasteiger partial charge < -0.3 is 15.3 Å². The zero-order chi connectivity index (χ0) is 22.8. The highest BCUT2D eigenvalue weighted by Crippen LogP contribution is 2.32. The van der Waals surface area contributed by atoms with Crippen LogP contribution in [0.4, 0.5) is 21.6 Å². The van der Waals surface area contributed by atoms with Crippen LogP contribution in [0.1, 0.15) is 36.9 Å². The molecule has 32 heavy (non-hydrogen) atoms. The average molecular weight is 435 g/mol. The lowest BCUT2D eigenvalue weighted by Crippen LogP contribution is -2.36. The molecule has 1 atom stereocenters. The maximum Gasteiger partial charge on any atom is 0.270 e. The number of nitrogens with zero attached hydrogens (tertiary/aromatic N) is 4. The molecule has 0 bridgehead atoms. The van der Waals surface area contributed by atoms with Crippen molar-refractivity contribution < 1.29 is 14.4 Å². The van der Waals surface area contributed by atoms with Crippen LogP contribution in [0.5, 0.6) is 0 Å². The molecule has 1 saturated heterocycles. The summed E-state index contributed by atoms with van der Waals surface area (Å²) in [7, 11) is 0. The van der Waals surface area contributed by atoms with Crippen LogP contribution in [-0.4, -0.2) is 34.2 Å². The summed E-state index contributed by atoms with van der Waals surface area (Å²) in [5.41, 5.74) is 2.23. The quantitative estimate of drug-likeness (QED) is 0.454. The number of benzene rings is 2. The Kier molecular flexibility index (Phi) is 5.88. The average Bonchev–Trinajstić information content (AvgIpc) is 2.78. The molecule has 2 aromatic carbocycles. The highest BCUT2D eigenvalue weighted by molar-refractivity contribution is 5.88. The van der Waals surface area contributed by atoms with Gasteiger partial charge in [-0.3, -0.25) is 10.1 Å². The van der Waals surface area contributed by atoms with Crippen LogP contribution in [-0.2, 0) is 0 Å². The van der Waals surface area contributed by atoms with E-state index in [1.807, 2.05) is 6.92 Å². The molecule has 164 valence electrons. The van der Waals surface area contributed by atoms with E-state index in [2.05, 4.69) is 21.3 Å². The molecule has 2 N–H and O–H groups in total. The molecule has 8 nitrogen and oxygen atoms in total. The van der Waals surface area contributed by atoms with Crippen molar-refractivity contribution in [1.82, 2.24) is 4.98 Å². The molecule has 4 rings (SSSR count). The van der Waals surface area contributed by atoms with E-state index in [4.69, 9.17) is 0 Å². The summed E-state index contributed by atoms with van der Waals surface area (Å²) in [6, 6.07) is 12.1. The van der Waals surface area contributed by atoms with Crippen LogP contribution < -0.4 is 10.2 Å². The number of pyridine rings is 1. The van der Waals surface area contributed by atoms with E-state index in [-0.39, 0.29) is 29.2 Å². The fourth-order valence-corrected chi connectivity index (χ4v) is 4.06. The van der Waals surface area contributed by atoms with Gasteiger partial charge >= 0.3 is 0 Å². The first-order valence-electron chi connectivity index (χ1n) is 10.3. The van der Waals surface area contributed by atoms with Crippen molar-refractivity contribution >= 4 is 28.1 Å². The van der Waals surface area contributed by atoms with Crippen LogP contribution in [0.3, 0.4) is 0 Å². The van der Waals surface area contributed by atoms with Gasteiger partial charge in [0.2, 0.25) is 0 Å². The Bertz CT molecular complexity index is 1220. The summed E-state index contributed by atoms with van der Waals surface area (Å²) in [6.45, 7) is 3.24. The lowest BCUT2D eigenvalue weighted by atomic mass is 10.0. The molecule has 0 spiro atoms. The minimum Gasteiger partial charge on any atom is -0.393 e. The van der Waals surface area contributed by atoms with Gasteiger partial charge in [0.1, 0.15) is 11.6 Å². The highest BCUT2D eigenvalue weighted by Gasteiger charge is 2.22. The molecule has 9 heteroatoms. The minimum atomic E-state index is -0.514. The maximum atomic E-state index is 14.1. The fourth-order valence-electron chi connectivity index (χ4n) is 4.06. The van der Waals surface area contributed by atoms with E-state index in [1.54, 1.807) is 12.1 Å². The monoisotopic (exact) mass is 435 g/mol. The molecule has 0 radical (unpaired) electrons. The number of hydrogen-bond donors (Lipinski definition) is 2. The smallest absolute Gasteiger partial charge is 0.270 e. The van der Waals surface area contributed by atoms with Gasteiger partial charge in [0.15, 0.2) is 0 Å². The molecular weight excluding hydrogens is 413 g/mol. The second-order valence-electron chi connectivity index (χ2n) is 7.91. The number of aliphatic hydroxyl groups excluding tert-OH is 1. The predicted octanol–water partition coefficient (Wildman–Crippen LogP) is 4.29. The summed E-state index contributed by atoms with van der Waals surface area (Å²) in [5, 5.41) is 34.1. The Hall–Kier alpha value is -3.77. The number of anilines is 2. The first-order valence-corrected chi connectivity index (χ1v) is 10.3. The summed E-state index contributed by atoms with van der Waals surface area (Å²) >= 11 is 0. The lowest BCUT2D eigenvalue weighted by Gasteiger charge is -2.34. The van der Waals surface area contributed by atoms with E-state index >= 15 is 0 Å². The van der Waals surface area contributed by atoms with E-state index in [0.717, 1.165) is 11.3 Å². The van der Waals surface area contributed by atoms with Gasteiger partial charge in [-0.25, -0.2) is 9.37 Å². The zero-order valence-corrected chi connectivity index (χ0v) is 17.5. The number of halogens is 1. The predicted molar refractivity (Wildman–Crippen MR) is 119 cm³/mol. The van der Waals surface area contributed by atoms with Crippen molar-refractivity contribution in [1.29, 1.82) is 5.26 Å². The van der Waals surface area contributed by atoms with E-state index in [1.165, 1.54) is 30.3 Å². The topological polar surface area (TPSA) is 115 Å². The Morgan fingerprint density at radius 2 is 2.03 bits per heavy atom. The highest BCUT2D eigenvalue weighted by atomic mass is 19.1. The van der Waals surface area contributed by atoms with Crippen molar-refractivity contribution in [2.75, 3.05) is 23.3 Å². The fraction of sp³-hybridized carbons (Fsp3) is 0.304. The second-order valence-corrected chi connectivity index (χ2v) is 7.91. The number of nitrogens with one attached hydrogen (secondary N) is 1. The van der Waals surface area contributed by atoms with Gasteiger partial charge in [-0.15, -0.1) is 0 Å². The number of hydrogen-bond acceptors (Lipinski definition) is 7. The number of nitro benzene ring substituents is 1. The third-order valence-corrected chi connectivity index (χ3v) is 5.75. The number of nitro groups is 1. The van der Waals surface area contributed by atoms with Crippen LogP contribution in [0, 0.1) is 27.3 Å². The second kappa shape index (κ2) is 8.77. The molecule has 1 aromatic heterocycles. The number of rotatable bonds is 5. The van der Waals surface area contributed by atoms with Gasteiger partial charge in [0.25, 0.3) is 5.69 Å². The molecule has 0 aliphatic carbocycles. The summed E-state index contributed by atoms with van der Waals surface area (Å²) < 4.78 is 14.1. The third kappa shape index (κ3) is 4.31. The van der Waals surface area contributed by atoms with Gasteiger partial charge in [-0.1, -0.05) is 0 Å². The first kappa shape index (κ1) is 21.5. The minimum absolute atomic E-state index is 0.110. The van der Waals surface area contributed by atoms with Crippen molar-refractivity contribution in [2.45, 2.75) is 31.9 Å². The zero-order valence-electron chi connectivity index (χ0n) is 17.5. The Balaban J connectivity index is 1.66. The summed E-state index contributed by atoms with van der Waals surface area (Å²) in [4.78, 5) is 17.2. The summed E-state index contributed by atoms with van der Waals surface area (Å²) in [5.74, 6) is 0.0608. The van der Waals surface area contributed by atoms with Crippen molar-refractivity contribution in [3.8, 4) is 6.07 Å². The molecule has 0 amide bonds. The molecule has 1 fully saturated rings. The molecule has 1 aliphatic rings. The SMILES string of the molecule is CC(Nc1cc(C#N)c2cc([N+](=O)[O-])ccc2n1)c1cc(F)ccc1N1CCC(O)CC1. The van der Waals surface area contributed by atoms with E-state index in [0.29, 0.717) is 42.7 Å². The van der Waals surface area contributed by atoms with Crippen LogP contribution in [0.25, 0.3) is 10.9 Å². The summed E-state index contributed by atoms with van der Waals surface area (Å²) in [6.07, 6.45) is 0.998. The third-order valence-electron chi connectivity index (χ3n) is 5.75. The number of non-ortho nitro benzene ring substituents is 1. The Morgan fingerprint density at radius 1 is 1.28 bits per heavy atom. The van der Waals surface area contributed by atoms with Gasteiger partial charge in [-0.05, 0) is 50.1 Å². The number of fused-ring (bicyclic) bond motifs is 1. The van der Waals surface area contributed by atoms with Crippen molar-refractivity contribution in [2.24, 2.45) is 0 Å². The Labute approximate surface area is 184 Å². The number of nitriles is 1. The van der Waals surface area contributed by atoms with E-state index < -0.39 is 4.92 Å². The molecule has 1 aliphatic heterocycles. The standard InChI is InChI=1S/C23H22FN5O3/c1-14(19-11-16(24)2-5-22(19)28-8-6-18(30)7-9-28)26-23-10-15(13-25)20-12-17(29(31)32)3-4-21(20)27-23/h2-5,10-12,14,18,30H,6-9H2,1H3,(H,26,27). The maximum absolute atomic E-state index is 14.1. The molecule has 3 aromatic rings. The van der Waals surface area contributed by atoms with E-state index in [9.17, 15) is 24.9 Å². The number of aromatic nitrogens is 1. The molecular formula is C23H22FN5O3. The van der Waals surface area contributed by atoms with Crippen LogP contribution >= 0.6 is 0 Å². The molecule has 0 saturated carbocycles. The van der Waals surface area contributed by atoms with Crippen LogP contribution in [0.15, 0.2) is 42.5 Å². The number of piperidine rings is 1. The molecule has 2 heterocycles. The van der Waals surface area contributed by atoms with Gasteiger partial charge in [-0.2, -0.15) is 5.26 Å². The normalized spacial score (nSPS) is 15.4.